The van der Waals surface area contributed by atoms with Crippen LogP contribution in [-0.4, -0.2) is 36.6 Å². The van der Waals surface area contributed by atoms with Crippen molar-refractivity contribution in [3.63, 3.8) is 0 Å². The fourth-order valence-corrected chi connectivity index (χ4v) is 4.68. The molecule has 0 unspecified atom stereocenters. The van der Waals surface area contributed by atoms with Crippen LogP contribution in [0.4, 0.5) is 4.79 Å². The lowest BCUT2D eigenvalue weighted by Crippen LogP contribution is -2.47. The third-order valence-corrected chi connectivity index (χ3v) is 6.58. The predicted molar refractivity (Wildman–Crippen MR) is 144 cm³/mol. The van der Waals surface area contributed by atoms with Gasteiger partial charge in [-0.05, 0) is 32.8 Å². The molecule has 200 valence electrons. The summed E-state index contributed by atoms with van der Waals surface area (Å²) in [6.07, 6.45) is 16.4. The van der Waals surface area contributed by atoms with Gasteiger partial charge in [0.2, 0.25) is 0 Å². The van der Waals surface area contributed by atoms with E-state index in [1.807, 2.05) is 39.0 Å². The van der Waals surface area contributed by atoms with E-state index in [1.165, 1.54) is 70.6 Å². The van der Waals surface area contributed by atoms with Gasteiger partial charge in [-0.1, -0.05) is 114 Å². The van der Waals surface area contributed by atoms with Crippen LogP contribution in [0.25, 0.3) is 0 Å². The molecule has 1 aromatic carbocycles. The van der Waals surface area contributed by atoms with Gasteiger partial charge in [0, 0.05) is 0 Å². The number of alkyl carbamates (subject to hydrolysis) is 1. The van der Waals surface area contributed by atoms with Gasteiger partial charge in [0.15, 0.2) is 0 Å². The van der Waals surface area contributed by atoms with Crippen LogP contribution in [0.2, 0.25) is 0 Å². The topological polar surface area (TPSA) is 56.8 Å². The first kappa shape index (κ1) is 29.6. The standard InChI is InChI=1S/C30H51NO4/c1-5-6-7-8-9-10-11-12-13-14-15-19-22-27-28(34-23-25-20-17-16-18-21-25)26(24-33-27)31-29(32)35-30(2,3)4/h16-18,20-21,26-28H,5-15,19,22-24H2,1-4H3,(H,31,32)/t26-,27-,28-/m0/s1. The van der Waals surface area contributed by atoms with Crippen LogP contribution in [0.3, 0.4) is 0 Å². The number of unbranched alkanes of at least 4 members (excludes halogenated alkanes) is 11. The van der Waals surface area contributed by atoms with Gasteiger partial charge in [-0.25, -0.2) is 4.79 Å². The number of benzene rings is 1. The number of carbonyl (C=O) groups excluding carboxylic acids is 1. The van der Waals surface area contributed by atoms with Gasteiger partial charge in [-0.3, -0.25) is 0 Å². The summed E-state index contributed by atoms with van der Waals surface area (Å²) in [4.78, 5) is 12.4. The first-order chi connectivity index (χ1) is 16.9. The summed E-state index contributed by atoms with van der Waals surface area (Å²) in [6.45, 7) is 8.86. The number of rotatable bonds is 17. The van der Waals surface area contributed by atoms with E-state index in [2.05, 4.69) is 24.4 Å². The predicted octanol–water partition coefficient (Wildman–Crippen LogP) is 7.96. The molecule has 1 heterocycles. The Hall–Kier alpha value is -1.59. The Kier molecular flexibility index (Phi) is 14.4. The Morgan fingerprint density at radius 2 is 1.49 bits per heavy atom. The van der Waals surface area contributed by atoms with Gasteiger partial charge in [-0.15, -0.1) is 0 Å². The number of amides is 1. The molecule has 3 atom stereocenters. The number of nitrogens with one attached hydrogen (secondary N) is 1. The molecule has 0 aromatic heterocycles. The summed E-state index contributed by atoms with van der Waals surface area (Å²) in [5.41, 5.74) is 0.595. The first-order valence-electron chi connectivity index (χ1n) is 14.2. The molecule has 0 bridgehead atoms. The molecule has 1 N–H and O–H groups in total. The van der Waals surface area contributed by atoms with Crippen molar-refractivity contribution in [1.82, 2.24) is 5.32 Å². The SMILES string of the molecule is CCCCCCCCCCCCCC[C@@H]1OC[C@H](NC(=O)OC(C)(C)C)[C@@H]1OCc1ccccc1. The fourth-order valence-electron chi connectivity index (χ4n) is 4.68. The lowest BCUT2D eigenvalue weighted by Gasteiger charge is -2.26. The summed E-state index contributed by atoms with van der Waals surface area (Å²) in [7, 11) is 0. The number of carbonyl (C=O) groups is 1. The zero-order valence-electron chi connectivity index (χ0n) is 22.9. The van der Waals surface area contributed by atoms with Crippen LogP contribution in [0.1, 0.15) is 117 Å². The molecule has 1 amide bonds. The van der Waals surface area contributed by atoms with Crippen molar-refractivity contribution in [2.24, 2.45) is 0 Å². The normalized spacial score (nSPS) is 20.2. The largest absolute Gasteiger partial charge is 0.444 e. The van der Waals surface area contributed by atoms with Gasteiger partial charge in [0.05, 0.1) is 25.4 Å². The lowest BCUT2D eigenvalue weighted by molar-refractivity contribution is -0.0273. The Balaban J connectivity index is 1.70. The van der Waals surface area contributed by atoms with E-state index in [1.54, 1.807) is 0 Å². The van der Waals surface area contributed by atoms with Crippen molar-refractivity contribution >= 4 is 6.09 Å². The van der Waals surface area contributed by atoms with E-state index in [-0.39, 0.29) is 18.2 Å². The zero-order chi connectivity index (χ0) is 25.4. The maximum Gasteiger partial charge on any atom is 0.408 e. The Bertz CT molecular complexity index is 673. The molecule has 0 radical (unpaired) electrons. The molecule has 0 aliphatic carbocycles. The Morgan fingerprint density at radius 3 is 2.06 bits per heavy atom. The highest BCUT2D eigenvalue weighted by atomic mass is 16.6. The molecule has 1 aliphatic rings. The van der Waals surface area contributed by atoms with E-state index in [0.717, 1.165) is 18.4 Å². The lowest BCUT2D eigenvalue weighted by atomic mass is 10.0. The van der Waals surface area contributed by atoms with Crippen molar-refractivity contribution < 1.29 is 19.0 Å². The Morgan fingerprint density at radius 1 is 0.914 bits per heavy atom. The quantitative estimate of drug-likeness (QED) is 0.226. The maximum absolute atomic E-state index is 12.4. The molecule has 0 saturated carbocycles. The summed E-state index contributed by atoms with van der Waals surface area (Å²) >= 11 is 0. The second-order valence-corrected chi connectivity index (χ2v) is 11.1. The molecule has 1 aliphatic heterocycles. The van der Waals surface area contributed by atoms with Gasteiger partial charge in [0.1, 0.15) is 11.7 Å². The van der Waals surface area contributed by atoms with Gasteiger partial charge in [-0.2, -0.15) is 0 Å². The van der Waals surface area contributed by atoms with E-state index in [9.17, 15) is 4.79 Å². The fraction of sp³-hybridized carbons (Fsp3) is 0.767. The minimum atomic E-state index is -0.529. The highest BCUT2D eigenvalue weighted by Gasteiger charge is 2.39. The highest BCUT2D eigenvalue weighted by molar-refractivity contribution is 5.68. The molecular formula is C30H51NO4. The van der Waals surface area contributed by atoms with Crippen LogP contribution >= 0.6 is 0 Å². The number of ether oxygens (including phenoxy) is 3. The van der Waals surface area contributed by atoms with Crippen molar-refractivity contribution in [2.45, 2.75) is 142 Å². The second kappa shape index (κ2) is 17.0. The third kappa shape index (κ3) is 13.3. The van der Waals surface area contributed by atoms with E-state index in [4.69, 9.17) is 14.2 Å². The molecule has 1 fully saturated rings. The van der Waals surface area contributed by atoms with Crippen molar-refractivity contribution in [1.29, 1.82) is 0 Å². The van der Waals surface area contributed by atoms with E-state index < -0.39 is 11.7 Å². The maximum atomic E-state index is 12.4. The monoisotopic (exact) mass is 489 g/mol. The molecule has 0 spiro atoms. The zero-order valence-corrected chi connectivity index (χ0v) is 22.9. The van der Waals surface area contributed by atoms with Crippen molar-refractivity contribution in [2.75, 3.05) is 6.61 Å². The van der Waals surface area contributed by atoms with Crippen LogP contribution in [-0.2, 0) is 20.8 Å². The first-order valence-corrected chi connectivity index (χ1v) is 14.2. The molecule has 1 saturated heterocycles. The Labute approximate surface area is 214 Å². The molecule has 5 heteroatoms. The molecule has 35 heavy (non-hydrogen) atoms. The molecule has 1 aromatic rings. The smallest absolute Gasteiger partial charge is 0.408 e. The minimum Gasteiger partial charge on any atom is -0.444 e. The van der Waals surface area contributed by atoms with Gasteiger partial charge < -0.3 is 19.5 Å². The summed E-state index contributed by atoms with van der Waals surface area (Å²) in [5, 5.41) is 2.99. The minimum absolute atomic E-state index is 0.00164. The van der Waals surface area contributed by atoms with Gasteiger partial charge in [0.25, 0.3) is 0 Å². The van der Waals surface area contributed by atoms with Crippen LogP contribution in [0, 0.1) is 0 Å². The number of hydrogen-bond acceptors (Lipinski definition) is 4. The number of hydrogen-bond donors (Lipinski definition) is 1. The average Bonchev–Trinajstić information content (AvgIpc) is 3.18. The summed E-state index contributed by atoms with van der Waals surface area (Å²) in [6, 6.07) is 9.97. The van der Waals surface area contributed by atoms with Crippen LogP contribution in [0.15, 0.2) is 30.3 Å². The highest BCUT2D eigenvalue weighted by Crippen LogP contribution is 2.25. The van der Waals surface area contributed by atoms with E-state index in [0.29, 0.717) is 13.2 Å². The summed E-state index contributed by atoms with van der Waals surface area (Å²) < 4.78 is 17.9. The molecule has 5 nitrogen and oxygen atoms in total. The van der Waals surface area contributed by atoms with Crippen LogP contribution in [0.5, 0.6) is 0 Å². The van der Waals surface area contributed by atoms with Gasteiger partial charge >= 0.3 is 6.09 Å². The summed E-state index contributed by atoms with van der Waals surface area (Å²) in [5.74, 6) is 0. The van der Waals surface area contributed by atoms with Crippen molar-refractivity contribution in [3.05, 3.63) is 35.9 Å². The molecule has 2 rings (SSSR count). The third-order valence-electron chi connectivity index (χ3n) is 6.58. The molecular weight excluding hydrogens is 438 g/mol. The second-order valence-electron chi connectivity index (χ2n) is 11.1. The van der Waals surface area contributed by atoms with Crippen LogP contribution < -0.4 is 5.32 Å². The van der Waals surface area contributed by atoms with E-state index >= 15 is 0 Å². The van der Waals surface area contributed by atoms with Crippen molar-refractivity contribution in [3.8, 4) is 0 Å². The average molecular weight is 490 g/mol.